The molecule has 2 aromatic rings. The minimum Gasteiger partial charge on any atom is -0.496 e. The van der Waals surface area contributed by atoms with E-state index in [1.54, 1.807) is 13.3 Å². The zero-order chi connectivity index (χ0) is 12.3. The van der Waals surface area contributed by atoms with Gasteiger partial charge in [0.1, 0.15) is 11.6 Å². The highest BCUT2D eigenvalue weighted by Crippen LogP contribution is 2.19. The highest BCUT2D eigenvalue weighted by atomic mass is 127. The van der Waals surface area contributed by atoms with Crippen molar-refractivity contribution in [1.82, 2.24) is 9.97 Å². The van der Waals surface area contributed by atoms with Crippen LogP contribution >= 0.6 is 22.6 Å². The zero-order valence-corrected chi connectivity index (χ0v) is 11.4. The summed E-state index contributed by atoms with van der Waals surface area (Å²) in [5, 5.41) is 0. The molecular formula is C12H11IN2O2. The maximum absolute atomic E-state index is 11.5. The Balaban J connectivity index is 2.31. The third kappa shape index (κ3) is 2.85. The molecule has 0 unspecified atom stereocenters. The summed E-state index contributed by atoms with van der Waals surface area (Å²) in [5.41, 5.74) is 0.893. The summed E-state index contributed by atoms with van der Waals surface area (Å²) < 4.78 is 5.84. The van der Waals surface area contributed by atoms with Crippen molar-refractivity contribution in [2.24, 2.45) is 0 Å². The minimum atomic E-state index is -0.106. The van der Waals surface area contributed by atoms with Gasteiger partial charge in [0.05, 0.1) is 10.7 Å². The first-order valence-corrected chi connectivity index (χ1v) is 6.14. The van der Waals surface area contributed by atoms with Gasteiger partial charge in [0.2, 0.25) is 0 Å². The topological polar surface area (TPSA) is 55.0 Å². The molecule has 5 heteroatoms. The molecule has 17 heavy (non-hydrogen) atoms. The molecule has 0 fully saturated rings. The number of para-hydroxylation sites is 1. The Morgan fingerprint density at radius 3 is 2.88 bits per heavy atom. The van der Waals surface area contributed by atoms with Crippen LogP contribution in [0.4, 0.5) is 0 Å². The SMILES string of the molecule is COc1ccccc1Cc1ncc(I)c(=O)[nH]1. The zero-order valence-electron chi connectivity index (χ0n) is 9.24. The maximum atomic E-state index is 11.5. The molecular weight excluding hydrogens is 331 g/mol. The molecule has 0 saturated heterocycles. The molecule has 0 amide bonds. The van der Waals surface area contributed by atoms with Crippen LogP contribution in [0.1, 0.15) is 11.4 Å². The molecule has 0 spiro atoms. The van der Waals surface area contributed by atoms with Crippen LogP contribution in [0.2, 0.25) is 0 Å². The molecule has 0 radical (unpaired) electrons. The van der Waals surface area contributed by atoms with E-state index in [-0.39, 0.29) is 5.56 Å². The first-order valence-electron chi connectivity index (χ1n) is 5.06. The van der Waals surface area contributed by atoms with Crippen molar-refractivity contribution in [2.75, 3.05) is 7.11 Å². The molecule has 1 heterocycles. The van der Waals surface area contributed by atoms with E-state index in [1.807, 2.05) is 46.9 Å². The molecule has 0 saturated carbocycles. The predicted octanol–water partition coefficient (Wildman–Crippen LogP) is 1.97. The van der Waals surface area contributed by atoms with Gasteiger partial charge in [-0.15, -0.1) is 0 Å². The van der Waals surface area contributed by atoms with Gasteiger partial charge < -0.3 is 9.72 Å². The van der Waals surface area contributed by atoms with Crippen molar-refractivity contribution in [3.63, 3.8) is 0 Å². The lowest BCUT2D eigenvalue weighted by molar-refractivity contribution is 0.410. The van der Waals surface area contributed by atoms with Crippen LogP contribution in [0.15, 0.2) is 35.3 Å². The Bertz CT molecular complexity index is 581. The molecule has 4 nitrogen and oxygen atoms in total. The number of benzene rings is 1. The van der Waals surface area contributed by atoms with E-state index < -0.39 is 0 Å². The number of methoxy groups -OCH3 is 1. The Morgan fingerprint density at radius 2 is 2.18 bits per heavy atom. The van der Waals surface area contributed by atoms with Gasteiger partial charge in [-0.2, -0.15) is 0 Å². The van der Waals surface area contributed by atoms with Gasteiger partial charge in [0.25, 0.3) is 5.56 Å². The highest BCUT2D eigenvalue weighted by Gasteiger charge is 2.05. The Labute approximate surface area is 112 Å². The van der Waals surface area contributed by atoms with Crippen molar-refractivity contribution in [3.05, 3.63) is 55.8 Å². The Kier molecular flexibility index (Phi) is 3.78. The van der Waals surface area contributed by atoms with Crippen LogP contribution in [-0.4, -0.2) is 17.1 Å². The number of ether oxygens (including phenoxy) is 1. The standard InChI is InChI=1S/C12H11IN2O2/c1-17-10-5-3-2-4-8(10)6-11-14-7-9(13)12(16)15-11/h2-5,7H,6H2,1H3,(H,14,15,16). The predicted molar refractivity (Wildman–Crippen MR) is 73.4 cm³/mol. The second-order valence-corrected chi connectivity index (χ2v) is 4.66. The van der Waals surface area contributed by atoms with Crippen molar-refractivity contribution in [2.45, 2.75) is 6.42 Å². The molecule has 1 aromatic heterocycles. The highest BCUT2D eigenvalue weighted by molar-refractivity contribution is 14.1. The largest absolute Gasteiger partial charge is 0.496 e. The van der Waals surface area contributed by atoms with Crippen LogP contribution in [0.5, 0.6) is 5.75 Å². The average molecular weight is 342 g/mol. The fourth-order valence-corrected chi connectivity index (χ4v) is 1.81. The van der Waals surface area contributed by atoms with Crippen LogP contribution in [-0.2, 0) is 6.42 Å². The monoisotopic (exact) mass is 342 g/mol. The third-order valence-electron chi connectivity index (χ3n) is 2.36. The summed E-state index contributed by atoms with van der Waals surface area (Å²) in [5.74, 6) is 1.44. The van der Waals surface area contributed by atoms with Gasteiger partial charge in [-0.3, -0.25) is 4.79 Å². The molecule has 0 aliphatic carbocycles. The number of aromatic nitrogens is 2. The van der Waals surface area contributed by atoms with Gasteiger partial charge in [0, 0.05) is 18.2 Å². The van der Waals surface area contributed by atoms with E-state index in [0.717, 1.165) is 11.3 Å². The van der Waals surface area contributed by atoms with E-state index >= 15 is 0 Å². The van der Waals surface area contributed by atoms with E-state index in [4.69, 9.17) is 4.74 Å². The second kappa shape index (κ2) is 5.31. The van der Waals surface area contributed by atoms with E-state index in [1.165, 1.54) is 0 Å². The molecule has 0 atom stereocenters. The van der Waals surface area contributed by atoms with Crippen molar-refractivity contribution in [3.8, 4) is 5.75 Å². The number of nitrogens with one attached hydrogen (secondary N) is 1. The molecule has 0 bridgehead atoms. The number of hydrogen-bond donors (Lipinski definition) is 1. The smallest absolute Gasteiger partial charge is 0.264 e. The summed E-state index contributed by atoms with van der Waals surface area (Å²) in [6.45, 7) is 0. The number of rotatable bonds is 3. The Hall–Kier alpha value is -1.37. The van der Waals surface area contributed by atoms with E-state index in [9.17, 15) is 4.79 Å². The van der Waals surface area contributed by atoms with Crippen LogP contribution in [0.3, 0.4) is 0 Å². The second-order valence-electron chi connectivity index (χ2n) is 3.50. The molecule has 88 valence electrons. The number of hydrogen-bond acceptors (Lipinski definition) is 3. The third-order valence-corrected chi connectivity index (χ3v) is 3.13. The first kappa shape index (κ1) is 12.1. The Morgan fingerprint density at radius 1 is 1.41 bits per heavy atom. The van der Waals surface area contributed by atoms with E-state index in [2.05, 4.69) is 9.97 Å². The van der Waals surface area contributed by atoms with Gasteiger partial charge in [0.15, 0.2) is 0 Å². The molecule has 1 N–H and O–H groups in total. The quantitative estimate of drug-likeness (QED) is 0.868. The van der Waals surface area contributed by atoms with Crippen molar-refractivity contribution >= 4 is 22.6 Å². The molecule has 2 rings (SSSR count). The van der Waals surface area contributed by atoms with Crippen molar-refractivity contribution in [1.29, 1.82) is 0 Å². The van der Waals surface area contributed by atoms with Gasteiger partial charge in [-0.05, 0) is 28.7 Å². The number of aromatic amines is 1. The lowest BCUT2D eigenvalue weighted by atomic mass is 10.1. The fraction of sp³-hybridized carbons (Fsp3) is 0.167. The van der Waals surface area contributed by atoms with Crippen LogP contribution in [0, 0.1) is 3.57 Å². The maximum Gasteiger partial charge on any atom is 0.264 e. The molecule has 0 aliphatic heterocycles. The minimum absolute atomic E-state index is 0.106. The number of nitrogens with zero attached hydrogens (tertiary/aromatic N) is 1. The van der Waals surface area contributed by atoms with Gasteiger partial charge in [-0.25, -0.2) is 4.98 Å². The number of halogens is 1. The lowest BCUT2D eigenvalue weighted by Crippen LogP contribution is -2.14. The molecule has 1 aromatic carbocycles. The van der Waals surface area contributed by atoms with Gasteiger partial charge in [-0.1, -0.05) is 18.2 Å². The summed E-state index contributed by atoms with van der Waals surface area (Å²) in [4.78, 5) is 18.4. The van der Waals surface area contributed by atoms with E-state index in [0.29, 0.717) is 15.8 Å². The summed E-state index contributed by atoms with van der Waals surface area (Å²) in [6.07, 6.45) is 2.13. The fourth-order valence-electron chi connectivity index (χ4n) is 1.54. The van der Waals surface area contributed by atoms with Crippen molar-refractivity contribution < 1.29 is 4.74 Å². The summed E-state index contributed by atoms with van der Waals surface area (Å²) in [7, 11) is 1.63. The summed E-state index contributed by atoms with van der Waals surface area (Å²) >= 11 is 1.96. The number of H-pyrrole nitrogens is 1. The summed E-state index contributed by atoms with van der Waals surface area (Å²) in [6, 6.07) is 7.69. The first-order chi connectivity index (χ1) is 8.20. The average Bonchev–Trinajstić information content (AvgIpc) is 2.34. The van der Waals surface area contributed by atoms with Gasteiger partial charge >= 0.3 is 0 Å². The van der Waals surface area contributed by atoms with Crippen LogP contribution < -0.4 is 10.3 Å². The molecule has 0 aliphatic rings. The van der Waals surface area contributed by atoms with Crippen LogP contribution in [0.25, 0.3) is 0 Å². The normalized spacial score (nSPS) is 10.2. The lowest BCUT2D eigenvalue weighted by Gasteiger charge is -2.07.